The van der Waals surface area contributed by atoms with E-state index in [1.54, 1.807) is 12.1 Å². The van der Waals surface area contributed by atoms with Crippen LogP contribution in [0.4, 0.5) is 5.69 Å². The minimum Gasteiger partial charge on any atom is -0.258 e. The van der Waals surface area contributed by atoms with Gasteiger partial charge in [0.2, 0.25) is 0 Å². The molecular weight excluding hydrogens is 306 g/mol. The molecule has 0 fully saturated rings. The van der Waals surface area contributed by atoms with Crippen molar-refractivity contribution in [2.45, 2.75) is 9.79 Å². The summed E-state index contributed by atoms with van der Waals surface area (Å²) in [5.41, 5.74) is 0.0284. The summed E-state index contributed by atoms with van der Waals surface area (Å²) in [4.78, 5) is 12.2. The first-order valence-electron chi connectivity index (χ1n) is 6.24. The predicted molar refractivity (Wildman–Crippen MR) is 86.2 cm³/mol. The fourth-order valence-electron chi connectivity index (χ4n) is 2.08. The minimum absolute atomic E-state index is 0.0284. The van der Waals surface area contributed by atoms with Gasteiger partial charge in [-0.1, -0.05) is 53.7 Å². The molecule has 0 saturated heterocycles. The van der Waals surface area contributed by atoms with Crippen LogP contribution in [0.15, 0.2) is 70.5 Å². The van der Waals surface area contributed by atoms with Gasteiger partial charge >= 0.3 is 0 Å². The summed E-state index contributed by atoms with van der Waals surface area (Å²) >= 11 is 7.19. The second-order valence-corrected chi connectivity index (χ2v) is 6.03. The van der Waals surface area contributed by atoms with E-state index in [0.717, 1.165) is 15.7 Å². The third kappa shape index (κ3) is 3.01. The lowest BCUT2D eigenvalue weighted by Gasteiger charge is -2.05. The molecule has 0 heterocycles. The smallest absolute Gasteiger partial charge is 0.258 e. The lowest BCUT2D eigenvalue weighted by Crippen LogP contribution is -1.90. The zero-order chi connectivity index (χ0) is 14.8. The molecule has 0 spiro atoms. The van der Waals surface area contributed by atoms with Crippen LogP contribution in [0, 0.1) is 10.1 Å². The standard InChI is InChI=1S/C16H10ClNO2S/c17-13-6-8-16(15(10-13)18(19)20)21-14-7-5-11-3-1-2-4-12(11)9-14/h1-10H. The van der Waals surface area contributed by atoms with Crippen LogP contribution in [0.25, 0.3) is 10.8 Å². The Bertz CT molecular complexity index is 835. The molecule has 0 unspecified atom stereocenters. The quantitative estimate of drug-likeness (QED) is 0.470. The second-order valence-electron chi connectivity index (χ2n) is 4.48. The van der Waals surface area contributed by atoms with Gasteiger partial charge in [-0.2, -0.15) is 0 Å². The molecule has 0 N–H and O–H groups in total. The largest absolute Gasteiger partial charge is 0.284 e. The Labute approximate surface area is 130 Å². The van der Waals surface area contributed by atoms with Gasteiger partial charge in [-0.25, -0.2) is 0 Å². The van der Waals surface area contributed by atoms with Crippen LogP contribution in [0.3, 0.4) is 0 Å². The molecule has 3 nitrogen and oxygen atoms in total. The lowest BCUT2D eigenvalue weighted by molar-refractivity contribution is -0.387. The lowest BCUT2D eigenvalue weighted by atomic mass is 10.1. The Balaban J connectivity index is 2.00. The highest BCUT2D eigenvalue weighted by Crippen LogP contribution is 2.37. The second kappa shape index (κ2) is 5.76. The first-order valence-corrected chi connectivity index (χ1v) is 7.43. The maximum absolute atomic E-state index is 11.1. The molecule has 21 heavy (non-hydrogen) atoms. The summed E-state index contributed by atoms with van der Waals surface area (Å²) in [6.45, 7) is 0. The van der Waals surface area contributed by atoms with Crippen LogP contribution in [0.1, 0.15) is 0 Å². The van der Waals surface area contributed by atoms with E-state index in [9.17, 15) is 10.1 Å². The van der Waals surface area contributed by atoms with Gasteiger partial charge in [0.25, 0.3) is 5.69 Å². The summed E-state index contributed by atoms with van der Waals surface area (Å²) in [7, 11) is 0. The maximum Gasteiger partial charge on any atom is 0.284 e. The minimum atomic E-state index is -0.407. The molecule has 0 aliphatic rings. The Kier molecular flexibility index (Phi) is 3.82. The van der Waals surface area contributed by atoms with Crippen molar-refractivity contribution in [3.8, 4) is 0 Å². The average molecular weight is 316 g/mol. The van der Waals surface area contributed by atoms with Crippen molar-refractivity contribution in [2.75, 3.05) is 0 Å². The number of halogens is 1. The number of rotatable bonds is 3. The van der Waals surface area contributed by atoms with Crippen molar-refractivity contribution in [1.82, 2.24) is 0 Å². The zero-order valence-corrected chi connectivity index (χ0v) is 12.4. The van der Waals surface area contributed by atoms with Crippen molar-refractivity contribution in [3.63, 3.8) is 0 Å². The van der Waals surface area contributed by atoms with Crippen LogP contribution in [0.5, 0.6) is 0 Å². The molecule has 5 heteroatoms. The van der Waals surface area contributed by atoms with Crippen molar-refractivity contribution >= 4 is 39.8 Å². The fraction of sp³-hybridized carbons (Fsp3) is 0. The van der Waals surface area contributed by atoms with E-state index >= 15 is 0 Å². The van der Waals surface area contributed by atoms with E-state index in [0.29, 0.717) is 9.92 Å². The molecule has 0 radical (unpaired) electrons. The van der Waals surface area contributed by atoms with E-state index < -0.39 is 4.92 Å². The van der Waals surface area contributed by atoms with Gasteiger partial charge in [-0.3, -0.25) is 10.1 Å². The van der Waals surface area contributed by atoms with Gasteiger partial charge in [-0.15, -0.1) is 0 Å². The van der Waals surface area contributed by atoms with Crippen LogP contribution >= 0.6 is 23.4 Å². The van der Waals surface area contributed by atoms with Gasteiger partial charge in [0.15, 0.2) is 0 Å². The highest BCUT2D eigenvalue weighted by atomic mass is 35.5. The number of benzene rings is 3. The molecular formula is C16H10ClNO2S. The van der Waals surface area contributed by atoms with E-state index in [2.05, 4.69) is 0 Å². The first kappa shape index (κ1) is 13.9. The molecule has 0 atom stereocenters. The molecule has 0 bridgehead atoms. The summed E-state index contributed by atoms with van der Waals surface area (Å²) < 4.78 is 0. The third-order valence-corrected chi connectivity index (χ3v) is 4.36. The molecule has 3 aromatic carbocycles. The van der Waals surface area contributed by atoms with Gasteiger partial charge < -0.3 is 0 Å². The summed E-state index contributed by atoms with van der Waals surface area (Å²) in [6, 6.07) is 18.7. The van der Waals surface area contributed by atoms with Crippen molar-refractivity contribution in [2.24, 2.45) is 0 Å². The Morgan fingerprint density at radius 3 is 2.48 bits per heavy atom. The molecule has 0 saturated carbocycles. The molecule has 0 aliphatic carbocycles. The molecule has 104 valence electrons. The Morgan fingerprint density at radius 1 is 0.952 bits per heavy atom. The topological polar surface area (TPSA) is 43.1 Å². The summed E-state index contributed by atoms with van der Waals surface area (Å²) in [5.74, 6) is 0. The fourth-order valence-corrected chi connectivity index (χ4v) is 3.19. The van der Waals surface area contributed by atoms with Crippen LogP contribution < -0.4 is 0 Å². The number of nitrogens with zero attached hydrogens (tertiary/aromatic N) is 1. The number of fused-ring (bicyclic) bond motifs is 1. The summed E-state index contributed by atoms with van der Waals surface area (Å²) in [6.07, 6.45) is 0. The van der Waals surface area contributed by atoms with Crippen LogP contribution in [-0.2, 0) is 0 Å². The predicted octanol–water partition coefficient (Wildman–Crippen LogP) is 5.55. The van der Waals surface area contributed by atoms with Crippen molar-refractivity contribution < 1.29 is 4.92 Å². The molecule has 3 aromatic rings. The van der Waals surface area contributed by atoms with Crippen molar-refractivity contribution in [3.05, 3.63) is 75.8 Å². The normalized spacial score (nSPS) is 10.7. The SMILES string of the molecule is O=[N+]([O-])c1cc(Cl)ccc1Sc1ccc2ccccc2c1. The number of hydrogen-bond donors (Lipinski definition) is 0. The molecule has 0 aromatic heterocycles. The summed E-state index contributed by atoms with van der Waals surface area (Å²) in [5, 5.41) is 13.7. The monoisotopic (exact) mass is 315 g/mol. The number of nitro benzene ring substituents is 1. The highest BCUT2D eigenvalue weighted by Gasteiger charge is 2.15. The zero-order valence-electron chi connectivity index (χ0n) is 10.8. The van der Waals surface area contributed by atoms with Crippen LogP contribution in [0.2, 0.25) is 5.02 Å². The highest BCUT2D eigenvalue weighted by molar-refractivity contribution is 7.99. The van der Waals surface area contributed by atoms with Crippen molar-refractivity contribution in [1.29, 1.82) is 0 Å². The molecule has 3 rings (SSSR count). The average Bonchev–Trinajstić information content (AvgIpc) is 2.49. The molecule has 0 amide bonds. The third-order valence-electron chi connectivity index (χ3n) is 3.07. The number of nitro groups is 1. The Hall–Kier alpha value is -2.04. The van der Waals surface area contributed by atoms with E-state index in [1.165, 1.54) is 17.8 Å². The van der Waals surface area contributed by atoms with E-state index in [1.807, 2.05) is 42.5 Å². The van der Waals surface area contributed by atoms with Gasteiger partial charge in [0.1, 0.15) is 0 Å². The Morgan fingerprint density at radius 2 is 1.71 bits per heavy atom. The number of hydrogen-bond acceptors (Lipinski definition) is 3. The van der Waals surface area contributed by atoms with Gasteiger partial charge in [-0.05, 0) is 35.0 Å². The van der Waals surface area contributed by atoms with E-state index in [-0.39, 0.29) is 5.69 Å². The van der Waals surface area contributed by atoms with Gasteiger partial charge in [0.05, 0.1) is 9.82 Å². The van der Waals surface area contributed by atoms with Crippen LogP contribution in [-0.4, -0.2) is 4.92 Å². The maximum atomic E-state index is 11.1. The van der Waals surface area contributed by atoms with Gasteiger partial charge in [0, 0.05) is 16.0 Å². The first-order chi connectivity index (χ1) is 10.1. The molecule has 0 aliphatic heterocycles. The van der Waals surface area contributed by atoms with E-state index in [4.69, 9.17) is 11.6 Å².